The minimum absolute atomic E-state index is 0.259. The monoisotopic (exact) mass is 307 g/mol. The molecule has 3 atom stereocenters. The highest BCUT2D eigenvalue weighted by Crippen LogP contribution is 2.33. The third kappa shape index (κ3) is 3.42. The number of ether oxygens (including phenoxy) is 1. The normalized spacial score (nSPS) is 23.5. The summed E-state index contributed by atoms with van der Waals surface area (Å²) in [5.41, 5.74) is 6.00. The summed E-state index contributed by atoms with van der Waals surface area (Å²) < 4.78 is 5.30. The number of hydrogen-bond donors (Lipinski definition) is 2. The lowest BCUT2D eigenvalue weighted by Crippen LogP contribution is -2.66. The fraction of sp³-hybridized carbons (Fsp3) is 0.533. The molecule has 0 bridgehead atoms. The van der Waals surface area contributed by atoms with Gasteiger partial charge < -0.3 is 15.6 Å². The molecule has 1 aliphatic heterocycles. The van der Waals surface area contributed by atoms with Gasteiger partial charge in [-0.15, -0.1) is 0 Å². The molecule has 120 valence electrons. The number of carboxylic acids is 1. The van der Waals surface area contributed by atoms with Gasteiger partial charge in [0.25, 0.3) is 0 Å². The van der Waals surface area contributed by atoms with Crippen molar-refractivity contribution in [1.82, 2.24) is 9.88 Å². The zero-order valence-electron chi connectivity index (χ0n) is 12.9. The molecule has 2 heterocycles. The van der Waals surface area contributed by atoms with Crippen LogP contribution >= 0.6 is 0 Å². The van der Waals surface area contributed by atoms with E-state index in [1.165, 1.54) is 12.4 Å². The molecule has 3 N–H and O–H groups in total. The smallest absolute Gasteiger partial charge is 0.325 e. The van der Waals surface area contributed by atoms with E-state index in [9.17, 15) is 14.7 Å². The van der Waals surface area contributed by atoms with Gasteiger partial charge in [-0.25, -0.2) is 0 Å². The Bertz CT molecular complexity index is 556. The molecule has 1 aromatic heterocycles. The molecule has 1 aliphatic rings. The molecular weight excluding hydrogens is 286 g/mol. The number of carbonyl (C=O) groups excluding carboxylic acids is 1. The lowest BCUT2D eigenvalue weighted by atomic mass is 9.90. The highest BCUT2D eigenvalue weighted by Gasteiger charge is 2.48. The van der Waals surface area contributed by atoms with Crippen LogP contribution in [0.3, 0.4) is 0 Å². The maximum atomic E-state index is 12.0. The fourth-order valence-corrected chi connectivity index (χ4v) is 2.44. The molecule has 22 heavy (non-hydrogen) atoms. The van der Waals surface area contributed by atoms with Crippen molar-refractivity contribution in [3.63, 3.8) is 0 Å². The number of nitrogens with two attached hydrogens (primary N) is 1. The molecule has 0 aromatic carbocycles. The van der Waals surface area contributed by atoms with E-state index in [2.05, 4.69) is 4.98 Å². The van der Waals surface area contributed by atoms with E-state index >= 15 is 0 Å². The first-order chi connectivity index (χ1) is 10.2. The minimum atomic E-state index is -1.01. The number of carboxylic acid groups (broad SMARTS) is 1. The SMILES string of the molecule is CC(C)(C)OC(=O)[C@@H]1CN([C@H](C(=O)O)c2ccncc2)[C@@H]1N. The number of likely N-dealkylation sites (tertiary alicyclic amines) is 1. The van der Waals surface area contributed by atoms with E-state index in [0.717, 1.165) is 0 Å². The summed E-state index contributed by atoms with van der Waals surface area (Å²) in [7, 11) is 0. The predicted octanol–water partition coefficient (Wildman–Crippen LogP) is 0.766. The number of hydrogen-bond acceptors (Lipinski definition) is 6. The summed E-state index contributed by atoms with van der Waals surface area (Å²) in [5, 5.41) is 9.46. The van der Waals surface area contributed by atoms with Crippen molar-refractivity contribution in [3.05, 3.63) is 30.1 Å². The highest BCUT2D eigenvalue weighted by molar-refractivity contribution is 5.78. The highest BCUT2D eigenvalue weighted by atomic mass is 16.6. The molecule has 0 amide bonds. The third-order valence-electron chi connectivity index (χ3n) is 3.50. The average molecular weight is 307 g/mol. The standard InChI is InChI=1S/C15H21N3O4/c1-15(2,3)22-14(21)10-8-18(12(10)16)11(13(19)20)9-4-6-17-7-5-9/h4-7,10-12H,8,16H2,1-3H3,(H,19,20)/t10-,11+,12+/m1/s1. The molecule has 2 rings (SSSR count). The first-order valence-electron chi connectivity index (χ1n) is 7.07. The number of pyridine rings is 1. The number of rotatable bonds is 4. The predicted molar refractivity (Wildman–Crippen MR) is 78.6 cm³/mol. The Morgan fingerprint density at radius 3 is 2.45 bits per heavy atom. The van der Waals surface area contributed by atoms with Gasteiger partial charge in [0.15, 0.2) is 0 Å². The van der Waals surface area contributed by atoms with Crippen LogP contribution in [0.2, 0.25) is 0 Å². The van der Waals surface area contributed by atoms with Crippen molar-refractivity contribution in [2.45, 2.75) is 38.6 Å². The van der Waals surface area contributed by atoms with E-state index in [4.69, 9.17) is 10.5 Å². The summed E-state index contributed by atoms with van der Waals surface area (Å²) in [4.78, 5) is 29.0. The van der Waals surface area contributed by atoms with Gasteiger partial charge in [-0.3, -0.25) is 19.5 Å². The molecule has 0 aliphatic carbocycles. The quantitative estimate of drug-likeness (QED) is 0.791. The molecule has 0 spiro atoms. The molecule has 7 heteroatoms. The van der Waals surface area contributed by atoms with Crippen LogP contribution in [0.5, 0.6) is 0 Å². The summed E-state index contributed by atoms with van der Waals surface area (Å²) in [6.07, 6.45) is 2.38. The second-order valence-corrected chi connectivity index (χ2v) is 6.35. The maximum absolute atomic E-state index is 12.0. The van der Waals surface area contributed by atoms with E-state index < -0.39 is 35.7 Å². The second-order valence-electron chi connectivity index (χ2n) is 6.35. The van der Waals surface area contributed by atoms with Crippen LogP contribution < -0.4 is 5.73 Å². The number of aromatic nitrogens is 1. The Labute approximate surface area is 129 Å². The number of carbonyl (C=O) groups is 2. The van der Waals surface area contributed by atoms with Crippen LogP contribution in [-0.2, 0) is 14.3 Å². The molecule has 1 fully saturated rings. The molecule has 0 saturated carbocycles. The van der Waals surface area contributed by atoms with Gasteiger partial charge in [0, 0.05) is 18.9 Å². The first kappa shape index (κ1) is 16.4. The lowest BCUT2D eigenvalue weighted by molar-refractivity contribution is -0.176. The molecule has 1 aromatic rings. The topological polar surface area (TPSA) is 106 Å². The van der Waals surface area contributed by atoms with E-state index in [1.54, 1.807) is 37.8 Å². The van der Waals surface area contributed by atoms with Crippen LogP contribution in [-0.4, -0.2) is 45.2 Å². The molecule has 0 radical (unpaired) electrons. The van der Waals surface area contributed by atoms with Crippen molar-refractivity contribution in [2.24, 2.45) is 11.7 Å². The van der Waals surface area contributed by atoms with Crippen LogP contribution in [0.15, 0.2) is 24.5 Å². The molecule has 1 saturated heterocycles. The number of esters is 1. The van der Waals surface area contributed by atoms with Gasteiger partial charge in [-0.1, -0.05) is 0 Å². The summed E-state index contributed by atoms with van der Waals surface area (Å²) in [5.74, 6) is -1.91. The zero-order valence-corrected chi connectivity index (χ0v) is 12.9. The maximum Gasteiger partial charge on any atom is 0.325 e. The fourth-order valence-electron chi connectivity index (χ4n) is 2.44. The number of aliphatic carboxylic acids is 1. The Morgan fingerprint density at radius 1 is 1.41 bits per heavy atom. The van der Waals surface area contributed by atoms with Gasteiger partial charge in [0.05, 0.1) is 12.1 Å². The average Bonchev–Trinajstić information content (AvgIpc) is 2.40. The zero-order chi connectivity index (χ0) is 16.5. The van der Waals surface area contributed by atoms with E-state index in [-0.39, 0.29) is 6.54 Å². The van der Waals surface area contributed by atoms with Gasteiger partial charge in [0.2, 0.25) is 0 Å². The molecular formula is C15H21N3O4. The van der Waals surface area contributed by atoms with Crippen molar-refractivity contribution in [3.8, 4) is 0 Å². The van der Waals surface area contributed by atoms with Gasteiger partial charge in [0.1, 0.15) is 11.6 Å². The Balaban J connectivity index is 2.09. The Morgan fingerprint density at radius 2 is 2.00 bits per heavy atom. The second kappa shape index (κ2) is 6.02. The summed E-state index contributed by atoms with van der Waals surface area (Å²) in [6, 6.07) is 2.37. The molecule has 0 unspecified atom stereocenters. The van der Waals surface area contributed by atoms with Crippen molar-refractivity contribution >= 4 is 11.9 Å². The Hall–Kier alpha value is -1.99. The van der Waals surface area contributed by atoms with E-state index in [0.29, 0.717) is 5.56 Å². The summed E-state index contributed by atoms with van der Waals surface area (Å²) in [6.45, 7) is 5.60. The van der Waals surface area contributed by atoms with Crippen molar-refractivity contribution < 1.29 is 19.4 Å². The van der Waals surface area contributed by atoms with Gasteiger partial charge in [-0.05, 0) is 38.5 Å². The van der Waals surface area contributed by atoms with Crippen molar-refractivity contribution in [2.75, 3.05) is 6.54 Å². The van der Waals surface area contributed by atoms with E-state index in [1.807, 2.05) is 0 Å². The minimum Gasteiger partial charge on any atom is -0.480 e. The number of nitrogens with zero attached hydrogens (tertiary/aromatic N) is 2. The van der Waals surface area contributed by atoms with Crippen LogP contribution in [0.25, 0.3) is 0 Å². The lowest BCUT2D eigenvalue weighted by Gasteiger charge is -2.47. The first-order valence-corrected chi connectivity index (χ1v) is 7.07. The van der Waals surface area contributed by atoms with Gasteiger partial charge >= 0.3 is 11.9 Å². The molecule has 7 nitrogen and oxygen atoms in total. The summed E-state index contributed by atoms with van der Waals surface area (Å²) >= 11 is 0. The van der Waals surface area contributed by atoms with Crippen LogP contribution in [0.1, 0.15) is 32.4 Å². The Kier molecular flexibility index (Phi) is 4.48. The largest absolute Gasteiger partial charge is 0.480 e. The van der Waals surface area contributed by atoms with Gasteiger partial charge in [-0.2, -0.15) is 0 Å². The van der Waals surface area contributed by atoms with Crippen molar-refractivity contribution in [1.29, 1.82) is 0 Å². The third-order valence-corrected chi connectivity index (χ3v) is 3.50. The van der Waals surface area contributed by atoms with Crippen LogP contribution in [0, 0.1) is 5.92 Å². The van der Waals surface area contributed by atoms with Crippen LogP contribution in [0.4, 0.5) is 0 Å².